The average molecular weight is 481 g/mol. The number of nitro groups is 1. The van der Waals surface area contributed by atoms with E-state index >= 15 is 0 Å². The van der Waals surface area contributed by atoms with Crippen LogP contribution in [0, 0.1) is 10.1 Å². The van der Waals surface area contributed by atoms with Crippen molar-refractivity contribution in [3.05, 3.63) is 93.5 Å². The van der Waals surface area contributed by atoms with Crippen LogP contribution in [0.3, 0.4) is 0 Å². The third-order valence-corrected chi connectivity index (χ3v) is 6.07. The Hall–Kier alpha value is -3.69. The van der Waals surface area contributed by atoms with Gasteiger partial charge < -0.3 is 4.74 Å². The van der Waals surface area contributed by atoms with Gasteiger partial charge in [0, 0.05) is 28.9 Å². The fourth-order valence-electron chi connectivity index (χ4n) is 3.13. The van der Waals surface area contributed by atoms with Crippen LogP contribution in [0.15, 0.2) is 78.0 Å². The maximum Gasteiger partial charge on any atom is 0.269 e. The Morgan fingerprint density at radius 1 is 1.06 bits per heavy atom. The number of ketones is 1. The molecule has 10 heteroatoms. The molecule has 0 aliphatic heterocycles. The lowest BCUT2D eigenvalue weighted by Crippen LogP contribution is -2.05. The topological polar surface area (TPSA) is 100 Å². The number of benzene rings is 3. The molecule has 0 aliphatic carbocycles. The van der Waals surface area contributed by atoms with E-state index in [0.717, 1.165) is 5.69 Å². The van der Waals surface area contributed by atoms with Gasteiger partial charge in [-0.25, -0.2) is 0 Å². The van der Waals surface area contributed by atoms with E-state index in [0.29, 0.717) is 32.9 Å². The molecule has 0 amide bonds. The zero-order valence-corrected chi connectivity index (χ0v) is 18.9. The smallest absolute Gasteiger partial charge is 0.269 e. The number of non-ortho nitro benzene ring substituents is 1. The summed E-state index contributed by atoms with van der Waals surface area (Å²) in [6.45, 7) is 0. The maximum absolute atomic E-state index is 12.7. The lowest BCUT2D eigenvalue weighted by Gasteiger charge is -2.12. The number of halogens is 1. The Morgan fingerprint density at radius 2 is 1.76 bits per heavy atom. The Bertz CT molecular complexity index is 1310. The molecule has 1 heterocycles. The van der Waals surface area contributed by atoms with E-state index in [1.54, 1.807) is 13.2 Å². The second kappa shape index (κ2) is 9.85. The molecule has 4 rings (SSSR count). The van der Waals surface area contributed by atoms with Gasteiger partial charge in [-0.05, 0) is 48.5 Å². The van der Waals surface area contributed by atoms with Crippen LogP contribution in [-0.2, 0) is 0 Å². The summed E-state index contributed by atoms with van der Waals surface area (Å²) in [6, 6.07) is 20.2. The Balaban J connectivity index is 1.65. The van der Waals surface area contributed by atoms with Gasteiger partial charge in [0.2, 0.25) is 0 Å². The molecule has 0 radical (unpaired) electrons. The van der Waals surface area contributed by atoms with Crippen molar-refractivity contribution >= 4 is 34.8 Å². The largest absolute Gasteiger partial charge is 0.497 e. The molecule has 33 heavy (non-hydrogen) atoms. The SMILES string of the molecule is COc1ccc(-n2c(SCC(=O)c3ccc([N+](=O)[O-])cc3)nnc2-c2ccccc2Cl)cc1. The number of Topliss-reactive ketones (excluding diaryl/α,β-unsaturated/α-hetero) is 1. The van der Waals surface area contributed by atoms with Crippen LogP contribution in [-0.4, -0.2) is 38.3 Å². The standard InChI is InChI=1S/C23H17ClN4O4S/c1-32-18-12-10-16(11-13-18)27-22(19-4-2-3-5-20(19)24)25-26-23(27)33-14-21(29)15-6-8-17(9-7-15)28(30)31/h2-13H,14H2,1H3. The molecule has 8 nitrogen and oxygen atoms in total. The molecule has 166 valence electrons. The Morgan fingerprint density at radius 3 is 2.39 bits per heavy atom. The first-order valence-corrected chi connectivity index (χ1v) is 11.1. The number of ether oxygens (including phenoxy) is 1. The van der Waals surface area contributed by atoms with Gasteiger partial charge in [-0.2, -0.15) is 0 Å². The number of nitrogens with zero attached hydrogens (tertiary/aromatic N) is 4. The summed E-state index contributed by atoms with van der Waals surface area (Å²) in [5.41, 5.74) is 1.80. The van der Waals surface area contributed by atoms with Crippen LogP contribution in [0.5, 0.6) is 5.75 Å². The van der Waals surface area contributed by atoms with Crippen molar-refractivity contribution in [2.24, 2.45) is 0 Å². The van der Waals surface area contributed by atoms with Crippen molar-refractivity contribution in [3.8, 4) is 22.8 Å². The Kier molecular flexibility index (Phi) is 6.71. The lowest BCUT2D eigenvalue weighted by molar-refractivity contribution is -0.384. The molecule has 1 aromatic heterocycles. The highest BCUT2D eigenvalue weighted by Gasteiger charge is 2.19. The normalized spacial score (nSPS) is 10.7. The fraction of sp³-hybridized carbons (Fsp3) is 0.0870. The summed E-state index contributed by atoms with van der Waals surface area (Å²) < 4.78 is 7.08. The van der Waals surface area contributed by atoms with E-state index in [1.807, 2.05) is 47.0 Å². The summed E-state index contributed by atoms with van der Waals surface area (Å²) >= 11 is 7.63. The molecular formula is C23H17ClN4O4S. The second-order valence-corrected chi connectivity index (χ2v) is 8.18. The molecule has 0 bridgehead atoms. The van der Waals surface area contributed by atoms with Crippen molar-refractivity contribution in [2.45, 2.75) is 5.16 Å². The van der Waals surface area contributed by atoms with E-state index in [1.165, 1.54) is 36.0 Å². The molecule has 0 saturated carbocycles. The van der Waals surface area contributed by atoms with Crippen LogP contribution in [0.1, 0.15) is 10.4 Å². The average Bonchev–Trinajstić information content (AvgIpc) is 3.26. The zero-order chi connectivity index (χ0) is 23.4. The number of aromatic nitrogens is 3. The van der Waals surface area contributed by atoms with E-state index in [-0.39, 0.29) is 17.2 Å². The first-order valence-electron chi connectivity index (χ1n) is 9.73. The van der Waals surface area contributed by atoms with Crippen molar-refractivity contribution in [1.29, 1.82) is 0 Å². The Labute approximate surface area is 198 Å². The van der Waals surface area contributed by atoms with E-state index in [4.69, 9.17) is 16.3 Å². The van der Waals surface area contributed by atoms with Crippen molar-refractivity contribution in [1.82, 2.24) is 14.8 Å². The molecule has 0 unspecified atom stereocenters. The number of carbonyl (C=O) groups is 1. The molecule has 0 atom stereocenters. The zero-order valence-electron chi connectivity index (χ0n) is 17.3. The highest BCUT2D eigenvalue weighted by Crippen LogP contribution is 2.32. The summed E-state index contributed by atoms with van der Waals surface area (Å²) in [5, 5.41) is 20.5. The van der Waals surface area contributed by atoms with Gasteiger partial charge in [0.1, 0.15) is 5.75 Å². The highest BCUT2D eigenvalue weighted by molar-refractivity contribution is 7.99. The minimum absolute atomic E-state index is 0.0668. The first kappa shape index (κ1) is 22.5. The monoisotopic (exact) mass is 480 g/mol. The number of methoxy groups -OCH3 is 1. The molecule has 3 aromatic carbocycles. The van der Waals surface area contributed by atoms with Gasteiger partial charge in [0.25, 0.3) is 5.69 Å². The van der Waals surface area contributed by atoms with Crippen LogP contribution in [0.4, 0.5) is 5.69 Å². The number of thioether (sulfide) groups is 1. The highest BCUT2D eigenvalue weighted by atomic mass is 35.5. The summed E-state index contributed by atoms with van der Waals surface area (Å²) in [5.74, 6) is 1.14. The summed E-state index contributed by atoms with van der Waals surface area (Å²) in [4.78, 5) is 23.0. The lowest BCUT2D eigenvalue weighted by atomic mass is 10.1. The van der Waals surface area contributed by atoms with E-state index in [2.05, 4.69) is 10.2 Å². The third-order valence-electron chi connectivity index (χ3n) is 4.81. The summed E-state index contributed by atoms with van der Waals surface area (Å²) in [7, 11) is 1.59. The predicted octanol–water partition coefficient (Wildman–Crippen LogP) is 5.48. The quantitative estimate of drug-likeness (QED) is 0.142. The van der Waals surface area contributed by atoms with Crippen LogP contribution in [0.25, 0.3) is 17.1 Å². The van der Waals surface area contributed by atoms with Crippen molar-refractivity contribution < 1.29 is 14.5 Å². The van der Waals surface area contributed by atoms with Crippen molar-refractivity contribution in [2.75, 3.05) is 12.9 Å². The first-order chi connectivity index (χ1) is 16.0. The van der Waals surface area contributed by atoms with Gasteiger partial charge in [0.15, 0.2) is 16.8 Å². The van der Waals surface area contributed by atoms with Gasteiger partial charge in [-0.1, -0.05) is 35.5 Å². The molecule has 0 fully saturated rings. The van der Waals surface area contributed by atoms with Crippen molar-refractivity contribution in [3.63, 3.8) is 0 Å². The van der Waals surface area contributed by atoms with E-state index in [9.17, 15) is 14.9 Å². The predicted molar refractivity (Wildman–Crippen MR) is 127 cm³/mol. The minimum atomic E-state index is -0.503. The molecule has 0 spiro atoms. The van der Waals surface area contributed by atoms with E-state index < -0.39 is 4.92 Å². The van der Waals surface area contributed by atoms with Crippen LogP contribution in [0.2, 0.25) is 5.02 Å². The molecule has 0 aliphatic rings. The van der Waals surface area contributed by atoms with Gasteiger partial charge in [-0.3, -0.25) is 19.5 Å². The number of hydrogen-bond donors (Lipinski definition) is 0. The molecule has 0 N–H and O–H groups in total. The van der Waals surface area contributed by atoms with Gasteiger partial charge in [-0.15, -0.1) is 10.2 Å². The number of carbonyl (C=O) groups excluding carboxylic acids is 1. The number of nitro benzene ring substituents is 1. The second-order valence-electron chi connectivity index (χ2n) is 6.84. The van der Waals surface area contributed by atoms with Crippen LogP contribution < -0.4 is 4.74 Å². The van der Waals surface area contributed by atoms with Gasteiger partial charge in [0.05, 0.1) is 22.8 Å². The third kappa shape index (κ3) is 4.89. The number of hydrogen-bond acceptors (Lipinski definition) is 7. The van der Waals surface area contributed by atoms with Crippen LogP contribution >= 0.6 is 23.4 Å². The number of rotatable bonds is 8. The molecular weight excluding hydrogens is 464 g/mol. The minimum Gasteiger partial charge on any atom is -0.497 e. The summed E-state index contributed by atoms with van der Waals surface area (Å²) in [6.07, 6.45) is 0. The molecule has 4 aromatic rings. The fourth-order valence-corrected chi connectivity index (χ4v) is 4.19. The maximum atomic E-state index is 12.7. The van der Waals surface area contributed by atoms with Gasteiger partial charge >= 0.3 is 0 Å². The molecule has 0 saturated heterocycles.